The molecule has 0 atom stereocenters. The van der Waals surface area contributed by atoms with E-state index in [2.05, 4.69) is 182 Å². The molecule has 6 aromatic rings. The molecule has 0 saturated carbocycles. The van der Waals surface area contributed by atoms with Crippen molar-refractivity contribution in [3.63, 3.8) is 0 Å². The summed E-state index contributed by atoms with van der Waals surface area (Å²) in [5.74, 6) is 0. The van der Waals surface area contributed by atoms with Crippen LogP contribution in [-0.4, -0.2) is 0 Å². The van der Waals surface area contributed by atoms with Crippen molar-refractivity contribution in [2.75, 3.05) is 0 Å². The zero-order chi connectivity index (χ0) is 27.3. The summed E-state index contributed by atoms with van der Waals surface area (Å²) in [6.45, 7) is 0. The van der Waals surface area contributed by atoms with Gasteiger partial charge in [-0.25, -0.2) is 0 Å². The third-order valence-electron chi connectivity index (χ3n) is 7.29. The monoisotopic (exact) mass is 668 g/mol. The number of hydrogen-bond donors (Lipinski definition) is 0. The van der Waals surface area contributed by atoms with Gasteiger partial charge in [0.1, 0.15) is 0 Å². The minimum absolute atomic E-state index is 1.37. The van der Waals surface area contributed by atoms with Crippen molar-refractivity contribution in [2.24, 2.45) is 0 Å². The average Bonchev–Trinajstić information content (AvgIpc) is 3.05. The first-order chi connectivity index (χ1) is 19.8. The Morgan fingerprint density at radius 2 is 0.425 bits per heavy atom. The molecule has 0 bridgehead atoms. The fourth-order valence-electron chi connectivity index (χ4n) is 5.56. The second-order valence-electron chi connectivity index (χ2n) is 9.59. The molecule has 0 amide bonds. The van der Waals surface area contributed by atoms with E-state index in [1.165, 1.54) is 31.8 Å². The number of halogens is 1. The molecular weight excluding hydrogens is 638 g/mol. The van der Waals surface area contributed by atoms with Crippen molar-refractivity contribution in [2.45, 2.75) is 0 Å². The van der Waals surface area contributed by atoms with Crippen LogP contribution in [0.25, 0.3) is 0 Å². The van der Waals surface area contributed by atoms with Crippen LogP contribution in [0.5, 0.6) is 0 Å². The van der Waals surface area contributed by atoms with E-state index in [1.807, 2.05) is 0 Å². The summed E-state index contributed by atoms with van der Waals surface area (Å²) in [6, 6.07) is 67.0. The van der Waals surface area contributed by atoms with Crippen LogP contribution in [0.3, 0.4) is 0 Å². The van der Waals surface area contributed by atoms with Crippen LogP contribution in [-0.2, 0) is 16.3 Å². The first-order valence-corrected chi connectivity index (χ1v) is 23.3. The molecule has 0 aromatic heterocycles. The molecule has 0 aliphatic heterocycles. The number of hydrogen-bond acceptors (Lipinski definition) is 0. The quantitative estimate of drug-likeness (QED) is 0.121. The molecule has 0 aliphatic carbocycles. The van der Waals surface area contributed by atoms with Gasteiger partial charge in [0.05, 0.1) is 0 Å². The summed E-state index contributed by atoms with van der Waals surface area (Å²) in [5.41, 5.74) is 0. The van der Waals surface area contributed by atoms with Gasteiger partial charge in [0.2, 0.25) is 0 Å². The van der Waals surface area contributed by atoms with Crippen molar-refractivity contribution in [1.82, 2.24) is 0 Å². The molecule has 40 heavy (non-hydrogen) atoms. The van der Waals surface area contributed by atoms with Crippen LogP contribution in [0, 0.1) is 0 Å². The SMILES string of the molecule is [Cl][Ag]([PH](c1ccccc1)(c1ccccc1)c1ccccc1)[PH](c1ccccc1)(c1ccccc1)c1ccccc1. The Balaban J connectivity index is 1.81. The number of benzene rings is 6. The van der Waals surface area contributed by atoms with Gasteiger partial charge in [-0.15, -0.1) is 0 Å². The third kappa shape index (κ3) is 4.74. The van der Waals surface area contributed by atoms with Crippen LogP contribution < -0.4 is 31.8 Å². The molecule has 0 spiro atoms. The Morgan fingerprint density at radius 1 is 0.275 bits per heavy atom. The molecule has 6 aromatic carbocycles. The molecule has 6 rings (SSSR count). The van der Waals surface area contributed by atoms with Gasteiger partial charge >= 0.3 is 250 Å². The van der Waals surface area contributed by atoms with Gasteiger partial charge in [-0.1, -0.05) is 0 Å². The Labute approximate surface area is 248 Å². The number of rotatable bonds is 8. The Bertz CT molecular complexity index is 1310. The average molecular weight is 670 g/mol. The van der Waals surface area contributed by atoms with Gasteiger partial charge in [-0.3, -0.25) is 0 Å². The molecule has 4 heteroatoms. The van der Waals surface area contributed by atoms with E-state index in [1.54, 1.807) is 0 Å². The first kappa shape index (κ1) is 27.4. The van der Waals surface area contributed by atoms with Gasteiger partial charge in [0.25, 0.3) is 0 Å². The van der Waals surface area contributed by atoms with Gasteiger partial charge in [-0.05, 0) is 0 Å². The molecule has 0 nitrogen and oxygen atoms in total. The van der Waals surface area contributed by atoms with E-state index in [-0.39, 0.29) is 0 Å². The standard InChI is InChI=1S/2C18H15P.Ag.ClH/c2*1-4-10-16(11-5-1)19(17-12-6-2-7-13-17)18-14-8-3-9-15-18;;/h2*1-15H;;1H/q;;-1;/p+1. The van der Waals surface area contributed by atoms with Crippen molar-refractivity contribution in [1.29, 1.82) is 0 Å². The molecular formula is C36H32AgClP2. The van der Waals surface area contributed by atoms with Crippen LogP contribution >= 0.6 is 19.5 Å². The normalized spacial score (nSPS) is 12.9. The molecule has 0 N–H and O–H groups in total. The van der Waals surface area contributed by atoms with Crippen LogP contribution in [0.1, 0.15) is 0 Å². The second kappa shape index (κ2) is 12.4. The van der Waals surface area contributed by atoms with Crippen molar-refractivity contribution < 1.29 is 16.3 Å². The predicted octanol–water partition coefficient (Wildman–Crippen LogP) is 7.04. The predicted molar refractivity (Wildman–Crippen MR) is 179 cm³/mol. The minimum atomic E-state index is -2.78. The van der Waals surface area contributed by atoms with Crippen molar-refractivity contribution in [3.8, 4) is 0 Å². The Kier molecular flexibility index (Phi) is 8.48. The first-order valence-electron chi connectivity index (χ1n) is 13.4. The molecule has 0 aliphatic rings. The van der Waals surface area contributed by atoms with Gasteiger partial charge in [0, 0.05) is 0 Å². The van der Waals surface area contributed by atoms with E-state index < -0.39 is 26.6 Å². The van der Waals surface area contributed by atoms with E-state index in [9.17, 15) is 0 Å². The summed E-state index contributed by atoms with van der Waals surface area (Å²) < 4.78 is 0. The maximum absolute atomic E-state index is 8.56. The van der Waals surface area contributed by atoms with E-state index in [0.29, 0.717) is 0 Å². The summed E-state index contributed by atoms with van der Waals surface area (Å²) >= 11 is -1.77. The fourth-order valence-corrected chi connectivity index (χ4v) is 48.6. The summed E-state index contributed by atoms with van der Waals surface area (Å²) in [7, 11) is 8.56. The van der Waals surface area contributed by atoms with E-state index >= 15 is 0 Å². The van der Waals surface area contributed by atoms with Gasteiger partial charge in [-0.2, -0.15) is 0 Å². The summed E-state index contributed by atoms with van der Waals surface area (Å²) in [6.07, 6.45) is 0. The molecule has 0 fully saturated rings. The van der Waals surface area contributed by atoms with Crippen LogP contribution in [0.4, 0.5) is 0 Å². The molecule has 0 unspecified atom stereocenters. The molecule has 204 valence electrons. The van der Waals surface area contributed by atoms with Crippen molar-refractivity contribution >= 4 is 51.3 Å². The second-order valence-corrected chi connectivity index (χ2v) is 32.0. The zero-order valence-corrected chi connectivity index (χ0v) is 26.2. The van der Waals surface area contributed by atoms with Gasteiger partial charge < -0.3 is 0 Å². The molecule has 0 saturated heterocycles. The fraction of sp³-hybridized carbons (Fsp3) is 0. The zero-order valence-electron chi connectivity index (χ0n) is 22.0. The Morgan fingerprint density at radius 3 is 0.575 bits per heavy atom. The maximum atomic E-state index is 8.56. The molecule has 0 heterocycles. The van der Waals surface area contributed by atoms with E-state index in [0.717, 1.165) is 0 Å². The van der Waals surface area contributed by atoms with Gasteiger partial charge in [0.15, 0.2) is 0 Å². The van der Waals surface area contributed by atoms with Crippen LogP contribution in [0.2, 0.25) is 0 Å². The van der Waals surface area contributed by atoms with Crippen LogP contribution in [0.15, 0.2) is 182 Å². The summed E-state index contributed by atoms with van der Waals surface area (Å²) in [5, 5.41) is 2.67. The molecule has 0 radical (unpaired) electrons. The Hall–Kier alpha value is -2.79. The summed E-state index contributed by atoms with van der Waals surface area (Å²) in [4.78, 5) is 0. The van der Waals surface area contributed by atoms with Crippen molar-refractivity contribution in [3.05, 3.63) is 182 Å². The van der Waals surface area contributed by atoms with E-state index in [4.69, 9.17) is 9.19 Å². The third-order valence-corrected chi connectivity index (χ3v) is 42.2. The topological polar surface area (TPSA) is 0 Å².